The largest absolute Gasteiger partial charge is 0.458 e. The molecule has 0 aromatic heterocycles. The molecule has 0 bridgehead atoms. The highest BCUT2D eigenvalue weighted by Crippen LogP contribution is 2.63. The van der Waals surface area contributed by atoms with Crippen LogP contribution in [0.5, 0.6) is 0 Å². The van der Waals surface area contributed by atoms with E-state index < -0.39 is 29.5 Å². The number of unbranched alkanes of at least 4 members (excludes halogenated alkanes) is 2. The zero-order valence-electron chi connectivity index (χ0n) is 16.9. The Morgan fingerprint density at radius 1 is 1.30 bits per heavy atom. The van der Waals surface area contributed by atoms with Crippen LogP contribution in [-0.4, -0.2) is 52.0 Å². The first kappa shape index (κ1) is 20.8. The molecule has 0 radical (unpaired) electrons. The molecular weight excluding hydrogens is 348 g/mol. The molecule has 3 rings (SSSR count). The lowest BCUT2D eigenvalue weighted by Crippen LogP contribution is -2.70. The fourth-order valence-electron chi connectivity index (χ4n) is 5.73. The monoisotopic (exact) mass is 382 g/mol. The molecule has 0 amide bonds. The summed E-state index contributed by atoms with van der Waals surface area (Å²) >= 11 is 0. The van der Waals surface area contributed by atoms with Crippen LogP contribution in [0.15, 0.2) is 11.6 Å². The van der Waals surface area contributed by atoms with Crippen molar-refractivity contribution < 1.29 is 29.6 Å². The third-order valence-corrected chi connectivity index (χ3v) is 7.25. The van der Waals surface area contributed by atoms with Gasteiger partial charge in [-0.05, 0) is 36.3 Å². The summed E-state index contributed by atoms with van der Waals surface area (Å²) in [5.41, 5.74) is -2.55. The Morgan fingerprint density at radius 3 is 2.67 bits per heavy atom. The second-order valence-corrected chi connectivity index (χ2v) is 9.34. The molecule has 0 unspecified atom stereocenters. The molecule has 27 heavy (non-hydrogen) atoms. The highest BCUT2D eigenvalue weighted by atomic mass is 16.6. The van der Waals surface area contributed by atoms with E-state index >= 15 is 0 Å². The lowest BCUT2D eigenvalue weighted by atomic mass is 9.45. The fourth-order valence-corrected chi connectivity index (χ4v) is 5.73. The number of carbonyl (C=O) groups excluding carboxylic acids is 1. The summed E-state index contributed by atoms with van der Waals surface area (Å²) in [5.74, 6) is -0.595. The smallest absolute Gasteiger partial charge is 0.306 e. The van der Waals surface area contributed by atoms with Crippen LogP contribution in [0, 0.1) is 16.7 Å². The van der Waals surface area contributed by atoms with Gasteiger partial charge in [0.2, 0.25) is 0 Å². The number of aliphatic hydroxyl groups is 3. The zero-order valence-corrected chi connectivity index (χ0v) is 16.9. The Bertz CT molecular complexity index is 614. The lowest BCUT2D eigenvalue weighted by Gasteiger charge is -2.62. The molecule has 1 saturated carbocycles. The number of rotatable bonds is 5. The molecule has 6 heteroatoms. The lowest BCUT2D eigenvalue weighted by molar-refractivity contribution is -0.272. The maximum absolute atomic E-state index is 12.4. The van der Waals surface area contributed by atoms with E-state index in [1.54, 1.807) is 13.0 Å². The fraction of sp³-hybridized carbons (Fsp3) is 0.857. The third kappa shape index (κ3) is 3.05. The van der Waals surface area contributed by atoms with Crippen molar-refractivity contribution in [3.8, 4) is 0 Å². The van der Waals surface area contributed by atoms with Gasteiger partial charge in [0.15, 0.2) is 6.29 Å². The topological polar surface area (TPSA) is 96.2 Å². The first-order chi connectivity index (χ1) is 12.6. The number of esters is 1. The predicted octanol–water partition coefficient (Wildman–Crippen LogP) is 2.30. The third-order valence-electron chi connectivity index (χ3n) is 7.25. The van der Waals surface area contributed by atoms with Crippen LogP contribution in [-0.2, 0) is 14.3 Å². The van der Waals surface area contributed by atoms with Crippen molar-refractivity contribution in [2.75, 3.05) is 6.61 Å². The Kier molecular flexibility index (Phi) is 5.49. The van der Waals surface area contributed by atoms with Gasteiger partial charge >= 0.3 is 5.97 Å². The summed E-state index contributed by atoms with van der Waals surface area (Å²) in [4.78, 5) is 12.4. The van der Waals surface area contributed by atoms with Gasteiger partial charge in [-0.25, -0.2) is 0 Å². The van der Waals surface area contributed by atoms with E-state index in [0.29, 0.717) is 18.4 Å². The van der Waals surface area contributed by atoms with Crippen molar-refractivity contribution in [3.63, 3.8) is 0 Å². The molecule has 6 atom stereocenters. The van der Waals surface area contributed by atoms with Gasteiger partial charge in [0.05, 0.1) is 12.7 Å². The van der Waals surface area contributed by atoms with Gasteiger partial charge in [-0.15, -0.1) is 0 Å². The molecule has 1 aliphatic heterocycles. The van der Waals surface area contributed by atoms with Crippen molar-refractivity contribution in [1.82, 2.24) is 0 Å². The minimum atomic E-state index is -1.68. The maximum Gasteiger partial charge on any atom is 0.306 e. The van der Waals surface area contributed by atoms with Gasteiger partial charge in [0, 0.05) is 17.8 Å². The number of carbonyl (C=O) groups is 1. The van der Waals surface area contributed by atoms with Crippen LogP contribution in [0.2, 0.25) is 0 Å². The average Bonchev–Trinajstić information content (AvgIpc) is 2.88. The highest BCUT2D eigenvalue weighted by molar-refractivity contribution is 5.70. The highest BCUT2D eigenvalue weighted by Gasteiger charge is 2.71. The molecule has 0 aromatic carbocycles. The van der Waals surface area contributed by atoms with E-state index in [9.17, 15) is 20.1 Å². The Labute approximate surface area is 161 Å². The van der Waals surface area contributed by atoms with Crippen molar-refractivity contribution >= 4 is 5.97 Å². The van der Waals surface area contributed by atoms with E-state index in [-0.39, 0.29) is 23.9 Å². The normalized spacial score (nSPS) is 42.9. The summed E-state index contributed by atoms with van der Waals surface area (Å²) in [6, 6.07) is 0. The molecule has 0 aromatic rings. The SMILES string of the molecule is CCCCCC(=O)O[C@@H]1C=C2CO[C@@H](O)[C@]2(O)[C@@]2(C)[C@H](O)CCC(C)(C)[C@H]12. The second kappa shape index (κ2) is 7.14. The van der Waals surface area contributed by atoms with Gasteiger partial charge in [-0.3, -0.25) is 4.79 Å². The summed E-state index contributed by atoms with van der Waals surface area (Å²) in [6.45, 7) is 8.10. The maximum atomic E-state index is 12.4. The number of hydrogen-bond acceptors (Lipinski definition) is 6. The summed E-state index contributed by atoms with van der Waals surface area (Å²) in [7, 11) is 0. The summed E-state index contributed by atoms with van der Waals surface area (Å²) in [6.07, 6.45) is 3.38. The van der Waals surface area contributed by atoms with E-state index in [2.05, 4.69) is 20.8 Å². The zero-order chi connectivity index (χ0) is 20.0. The molecule has 6 nitrogen and oxygen atoms in total. The van der Waals surface area contributed by atoms with Crippen LogP contribution in [0.25, 0.3) is 0 Å². The molecule has 0 spiro atoms. The Hall–Kier alpha value is -0.950. The Balaban J connectivity index is 1.99. The van der Waals surface area contributed by atoms with E-state index in [4.69, 9.17) is 9.47 Å². The molecule has 1 saturated heterocycles. The quantitative estimate of drug-likeness (QED) is 0.384. The molecule has 154 valence electrons. The van der Waals surface area contributed by atoms with E-state index in [0.717, 1.165) is 25.7 Å². The average molecular weight is 382 g/mol. The van der Waals surface area contributed by atoms with Crippen molar-refractivity contribution in [1.29, 1.82) is 0 Å². The van der Waals surface area contributed by atoms with Crippen LogP contribution in [0.4, 0.5) is 0 Å². The standard InChI is InChI=1S/C21H34O6/c1-5-6-7-8-16(23)27-14-11-13-12-26-18(24)21(13,25)20(4)15(22)9-10-19(2,3)17(14)20/h11,14-15,17-18,22,24-25H,5-10,12H2,1-4H3/t14-,15-,17+,18-,20+,21+/m1/s1. The molecule has 2 aliphatic carbocycles. The number of fused-ring (bicyclic) bond motifs is 3. The molecule has 1 heterocycles. The molecule has 3 aliphatic rings. The minimum Gasteiger partial charge on any atom is -0.458 e. The summed E-state index contributed by atoms with van der Waals surface area (Å²) in [5, 5.41) is 32.9. The molecule has 2 fully saturated rings. The van der Waals surface area contributed by atoms with Crippen LogP contribution in [0.1, 0.15) is 66.2 Å². The van der Waals surface area contributed by atoms with Gasteiger partial charge < -0.3 is 24.8 Å². The number of aliphatic hydroxyl groups excluding tert-OH is 2. The number of hydrogen-bond donors (Lipinski definition) is 3. The Morgan fingerprint density at radius 2 is 2.00 bits per heavy atom. The second-order valence-electron chi connectivity index (χ2n) is 9.34. The van der Waals surface area contributed by atoms with Gasteiger partial charge in [-0.1, -0.05) is 40.5 Å². The first-order valence-corrected chi connectivity index (χ1v) is 10.2. The van der Waals surface area contributed by atoms with E-state index in [1.165, 1.54) is 0 Å². The van der Waals surface area contributed by atoms with Crippen LogP contribution >= 0.6 is 0 Å². The van der Waals surface area contributed by atoms with Crippen molar-refractivity contribution in [3.05, 3.63) is 11.6 Å². The van der Waals surface area contributed by atoms with Crippen molar-refractivity contribution in [2.24, 2.45) is 16.7 Å². The molecule has 3 N–H and O–H groups in total. The minimum absolute atomic E-state index is 0.0665. The van der Waals surface area contributed by atoms with Gasteiger partial charge in [0.1, 0.15) is 11.7 Å². The number of ether oxygens (including phenoxy) is 2. The predicted molar refractivity (Wildman–Crippen MR) is 99.6 cm³/mol. The molecular formula is C21H34O6. The van der Waals surface area contributed by atoms with Gasteiger partial charge in [-0.2, -0.15) is 0 Å². The van der Waals surface area contributed by atoms with E-state index in [1.807, 2.05) is 0 Å². The van der Waals surface area contributed by atoms with Crippen molar-refractivity contribution in [2.45, 2.75) is 90.3 Å². The van der Waals surface area contributed by atoms with Gasteiger partial charge in [0.25, 0.3) is 0 Å². The summed E-state index contributed by atoms with van der Waals surface area (Å²) < 4.78 is 11.2. The van der Waals surface area contributed by atoms with Crippen LogP contribution in [0.3, 0.4) is 0 Å². The first-order valence-electron chi connectivity index (χ1n) is 10.2. The van der Waals surface area contributed by atoms with Crippen LogP contribution < -0.4 is 0 Å².